The zero-order valence-corrected chi connectivity index (χ0v) is 18.6. The van der Waals surface area contributed by atoms with Crippen molar-refractivity contribution in [2.24, 2.45) is 0 Å². The molecule has 2 aromatic carbocycles. The molecule has 168 valence electrons. The van der Waals surface area contributed by atoms with E-state index in [0.29, 0.717) is 12.5 Å². The summed E-state index contributed by atoms with van der Waals surface area (Å²) < 4.78 is 11.6. The molecule has 0 amide bonds. The van der Waals surface area contributed by atoms with E-state index in [4.69, 9.17) is 9.26 Å². The third-order valence-electron chi connectivity index (χ3n) is 6.85. The van der Waals surface area contributed by atoms with Crippen molar-refractivity contribution in [3.8, 4) is 17.0 Å². The van der Waals surface area contributed by atoms with Crippen LogP contribution in [0.4, 0.5) is 0 Å². The smallest absolute Gasteiger partial charge is 0.140 e. The van der Waals surface area contributed by atoms with Crippen LogP contribution in [0.3, 0.4) is 0 Å². The molecule has 1 N–H and O–H groups in total. The lowest BCUT2D eigenvalue weighted by Gasteiger charge is -2.37. The number of aliphatic hydroxyl groups is 1. The number of benzene rings is 2. The topological polar surface area (TPSA) is 58.7 Å². The summed E-state index contributed by atoms with van der Waals surface area (Å²) in [7, 11) is 0. The van der Waals surface area contributed by atoms with Crippen LogP contribution in [0.5, 0.6) is 5.75 Å². The average molecular weight is 433 g/mol. The number of hydrogen-bond donors (Lipinski definition) is 1. The second-order valence-electron chi connectivity index (χ2n) is 9.39. The van der Waals surface area contributed by atoms with Gasteiger partial charge in [-0.2, -0.15) is 0 Å². The van der Waals surface area contributed by atoms with Crippen molar-refractivity contribution >= 4 is 0 Å². The minimum atomic E-state index is -0.733. The van der Waals surface area contributed by atoms with Crippen molar-refractivity contribution < 1.29 is 14.4 Å². The summed E-state index contributed by atoms with van der Waals surface area (Å²) in [5, 5.41) is 15.3. The third kappa shape index (κ3) is 5.22. The minimum Gasteiger partial charge on any atom is -0.490 e. The summed E-state index contributed by atoms with van der Waals surface area (Å²) in [5.74, 6) is 1.73. The van der Waals surface area contributed by atoms with E-state index >= 15 is 0 Å². The normalized spacial score (nSPS) is 19.3. The van der Waals surface area contributed by atoms with E-state index in [-0.39, 0.29) is 0 Å². The van der Waals surface area contributed by atoms with Gasteiger partial charge in [-0.1, -0.05) is 47.6 Å². The zero-order chi connectivity index (χ0) is 21.8. The monoisotopic (exact) mass is 432 g/mol. The number of likely N-dealkylation sites (tertiary alicyclic amines) is 1. The van der Waals surface area contributed by atoms with Gasteiger partial charge in [-0.05, 0) is 56.2 Å². The van der Waals surface area contributed by atoms with Gasteiger partial charge in [0.05, 0.1) is 11.7 Å². The van der Waals surface area contributed by atoms with Crippen LogP contribution in [0.2, 0.25) is 0 Å². The largest absolute Gasteiger partial charge is 0.490 e. The Morgan fingerprint density at radius 1 is 1.00 bits per heavy atom. The van der Waals surface area contributed by atoms with Gasteiger partial charge in [-0.3, -0.25) is 4.90 Å². The molecule has 5 heteroatoms. The van der Waals surface area contributed by atoms with E-state index in [1.54, 1.807) is 0 Å². The molecule has 5 rings (SSSR count). The molecule has 1 aromatic heterocycles. The van der Waals surface area contributed by atoms with E-state index in [2.05, 4.69) is 34.3 Å². The van der Waals surface area contributed by atoms with Crippen molar-refractivity contribution in [3.05, 3.63) is 72.0 Å². The molecule has 5 nitrogen and oxygen atoms in total. The van der Waals surface area contributed by atoms with Crippen molar-refractivity contribution in [1.82, 2.24) is 10.1 Å². The fraction of sp³-hybridized carbons (Fsp3) is 0.444. The SMILES string of the molecule is OC1(Cc2cc(-c3ccccc3)no2)CCN(Cc2ccc(OC3CCCC3)cc2)CC1. The van der Waals surface area contributed by atoms with Gasteiger partial charge >= 0.3 is 0 Å². The van der Waals surface area contributed by atoms with Crippen LogP contribution in [0, 0.1) is 0 Å². The maximum atomic E-state index is 11.1. The molecule has 0 radical (unpaired) electrons. The molecule has 1 aliphatic heterocycles. The number of hydrogen-bond acceptors (Lipinski definition) is 5. The lowest BCUT2D eigenvalue weighted by molar-refractivity contribution is -0.0265. The molecular formula is C27H32N2O3. The Labute approximate surface area is 190 Å². The maximum absolute atomic E-state index is 11.1. The molecule has 2 heterocycles. The molecule has 32 heavy (non-hydrogen) atoms. The van der Waals surface area contributed by atoms with E-state index in [1.807, 2.05) is 36.4 Å². The van der Waals surface area contributed by atoms with E-state index < -0.39 is 5.60 Å². The Morgan fingerprint density at radius 3 is 2.44 bits per heavy atom. The molecule has 0 unspecified atom stereocenters. The number of piperidine rings is 1. The molecule has 0 spiro atoms. The highest BCUT2D eigenvalue weighted by Gasteiger charge is 2.33. The van der Waals surface area contributed by atoms with Gasteiger partial charge in [0.2, 0.25) is 0 Å². The van der Waals surface area contributed by atoms with Crippen LogP contribution >= 0.6 is 0 Å². The minimum absolute atomic E-state index is 0.397. The van der Waals surface area contributed by atoms with Crippen molar-refractivity contribution in [2.75, 3.05) is 13.1 Å². The van der Waals surface area contributed by atoms with Crippen molar-refractivity contribution in [2.45, 2.75) is 63.2 Å². The van der Waals surface area contributed by atoms with Crippen LogP contribution in [0.1, 0.15) is 49.8 Å². The number of rotatable bonds is 7. The standard InChI is InChI=1S/C27H32N2O3/c30-27(19-25-18-26(28-32-25)22-6-2-1-3-7-22)14-16-29(17-15-27)20-21-10-12-24(13-11-21)31-23-8-4-5-9-23/h1-3,6-7,10-13,18,23,30H,4-5,8-9,14-17,19-20H2. The predicted octanol–water partition coefficient (Wildman–Crippen LogP) is 5.23. The van der Waals surface area contributed by atoms with Gasteiger partial charge in [-0.25, -0.2) is 0 Å². The van der Waals surface area contributed by atoms with Gasteiger partial charge in [0.25, 0.3) is 0 Å². The first-order chi connectivity index (χ1) is 15.7. The van der Waals surface area contributed by atoms with E-state index in [9.17, 15) is 5.11 Å². The van der Waals surface area contributed by atoms with Crippen LogP contribution in [0.25, 0.3) is 11.3 Å². The first-order valence-electron chi connectivity index (χ1n) is 11.9. The van der Waals surface area contributed by atoms with E-state index in [1.165, 1.54) is 31.2 Å². The molecule has 2 aliphatic rings. The average Bonchev–Trinajstić information content (AvgIpc) is 3.50. The van der Waals surface area contributed by atoms with Gasteiger partial charge in [0.15, 0.2) is 0 Å². The molecule has 0 bridgehead atoms. The molecular weight excluding hydrogens is 400 g/mol. The Hall–Kier alpha value is -2.63. The number of aromatic nitrogens is 1. The molecule has 1 saturated carbocycles. The summed E-state index contributed by atoms with van der Waals surface area (Å²) >= 11 is 0. The van der Waals surface area contributed by atoms with Crippen molar-refractivity contribution in [3.63, 3.8) is 0 Å². The Balaban J connectivity index is 1.11. The Kier molecular flexibility index (Phi) is 6.28. The van der Waals surface area contributed by atoms with Gasteiger partial charge < -0.3 is 14.4 Å². The highest BCUT2D eigenvalue weighted by Crippen LogP contribution is 2.29. The number of nitrogens with zero attached hydrogens (tertiary/aromatic N) is 2. The van der Waals surface area contributed by atoms with Gasteiger partial charge in [0, 0.05) is 37.7 Å². The summed E-state index contributed by atoms with van der Waals surface area (Å²) in [6, 6.07) is 20.5. The predicted molar refractivity (Wildman–Crippen MR) is 124 cm³/mol. The maximum Gasteiger partial charge on any atom is 0.140 e. The summed E-state index contributed by atoms with van der Waals surface area (Å²) in [5.41, 5.74) is 2.41. The molecule has 1 aliphatic carbocycles. The second kappa shape index (κ2) is 9.47. The van der Waals surface area contributed by atoms with Crippen molar-refractivity contribution in [1.29, 1.82) is 0 Å². The van der Waals surface area contributed by atoms with Gasteiger partial charge in [-0.15, -0.1) is 0 Å². The fourth-order valence-electron chi connectivity index (χ4n) is 4.90. The summed E-state index contributed by atoms with van der Waals surface area (Å²) in [4.78, 5) is 2.41. The lowest BCUT2D eigenvalue weighted by atomic mass is 9.87. The third-order valence-corrected chi connectivity index (χ3v) is 6.85. The molecule has 0 atom stereocenters. The Bertz CT molecular complexity index is 985. The highest BCUT2D eigenvalue weighted by molar-refractivity contribution is 5.58. The summed E-state index contributed by atoms with van der Waals surface area (Å²) in [6.07, 6.45) is 7.31. The first kappa shape index (κ1) is 21.2. The zero-order valence-electron chi connectivity index (χ0n) is 18.6. The highest BCUT2D eigenvalue weighted by atomic mass is 16.5. The lowest BCUT2D eigenvalue weighted by Crippen LogP contribution is -2.45. The quantitative estimate of drug-likeness (QED) is 0.554. The van der Waals surface area contributed by atoms with Crippen LogP contribution in [-0.4, -0.2) is 40.0 Å². The van der Waals surface area contributed by atoms with E-state index in [0.717, 1.165) is 55.2 Å². The van der Waals surface area contributed by atoms with Crippen LogP contribution in [-0.2, 0) is 13.0 Å². The fourth-order valence-corrected chi connectivity index (χ4v) is 4.90. The van der Waals surface area contributed by atoms with Gasteiger partial charge in [0.1, 0.15) is 17.2 Å². The molecule has 3 aromatic rings. The molecule has 1 saturated heterocycles. The number of ether oxygens (including phenoxy) is 1. The molecule has 2 fully saturated rings. The van der Waals surface area contributed by atoms with Crippen LogP contribution in [0.15, 0.2) is 65.2 Å². The summed E-state index contributed by atoms with van der Waals surface area (Å²) in [6.45, 7) is 2.65. The second-order valence-corrected chi connectivity index (χ2v) is 9.39. The Morgan fingerprint density at radius 2 is 1.72 bits per heavy atom. The van der Waals surface area contributed by atoms with Crippen LogP contribution < -0.4 is 4.74 Å². The first-order valence-corrected chi connectivity index (χ1v) is 11.9.